The van der Waals surface area contributed by atoms with Crippen LogP contribution in [-0.4, -0.2) is 19.9 Å². The number of hydrogen-bond donors (Lipinski definition) is 0. The molecule has 0 heterocycles. The van der Waals surface area contributed by atoms with E-state index in [0.717, 1.165) is 17.0 Å². The van der Waals surface area contributed by atoms with Crippen molar-refractivity contribution < 1.29 is 4.74 Å². The Morgan fingerprint density at radius 1 is 1.33 bits per heavy atom. The van der Waals surface area contributed by atoms with Crippen LogP contribution in [0.25, 0.3) is 0 Å². The van der Waals surface area contributed by atoms with Crippen molar-refractivity contribution in [1.82, 2.24) is 0 Å². The molecule has 0 atom stereocenters. The van der Waals surface area contributed by atoms with Gasteiger partial charge in [-0.15, -0.1) is 0 Å². The van der Waals surface area contributed by atoms with Crippen LogP contribution in [0.3, 0.4) is 0 Å². The SMILES string of the molecule is CN=C(C)c1ccccc1OC. The number of benzene rings is 1. The Labute approximate surface area is 72.9 Å². The number of nitrogens with zero attached hydrogens (tertiary/aromatic N) is 1. The third-order valence-electron chi connectivity index (χ3n) is 1.83. The Kier molecular flexibility index (Phi) is 2.86. The van der Waals surface area contributed by atoms with Gasteiger partial charge in [-0.25, -0.2) is 0 Å². The van der Waals surface area contributed by atoms with E-state index in [1.807, 2.05) is 31.2 Å². The van der Waals surface area contributed by atoms with Crippen molar-refractivity contribution in [2.75, 3.05) is 14.2 Å². The molecule has 1 rings (SSSR count). The van der Waals surface area contributed by atoms with Crippen molar-refractivity contribution in [3.8, 4) is 5.75 Å². The maximum absolute atomic E-state index is 5.19. The molecule has 0 aliphatic carbocycles. The number of rotatable bonds is 2. The Hall–Kier alpha value is -1.31. The van der Waals surface area contributed by atoms with Crippen molar-refractivity contribution in [2.45, 2.75) is 6.92 Å². The van der Waals surface area contributed by atoms with Gasteiger partial charge < -0.3 is 4.74 Å². The standard InChI is InChI=1S/C10H13NO/c1-8(11-2)9-6-4-5-7-10(9)12-3/h4-7H,1-3H3. The van der Waals surface area contributed by atoms with E-state index in [4.69, 9.17) is 4.74 Å². The molecule has 0 saturated heterocycles. The predicted octanol–water partition coefficient (Wildman–Crippen LogP) is 2.13. The summed E-state index contributed by atoms with van der Waals surface area (Å²) in [5.74, 6) is 0.876. The average Bonchev–Trinajstić information content (AvgIpc) is 2.16. The van der Waals surface area contributed by atoms with Gasteiger partial charge in [-0.05, 0) is 19.1 Å². The molecule has 64 valence electrons. The van der Waals surface area contributed by atoms with Gasteiger partial charge in [-0.1, -0.05) is 12.1 Å². The summed E-state index contributed by atoms with van der Waals surface area (Å²) in [7, 11) is 3.45. The highest BCUT2D eigenvalue weighted by Gasteiger charge is 2.02. The molecule has 2 nitrogen and oxygen atoms in total. The summed E-state index contributed by atoms with van der Waals surface area (Å²) in [5.41, 5.74) is 2.05. The quantitative estimate of drug-likeness (QED) is 0.612. The lowest BCUT2D eigenvalue weighted by Gasteiger charge is -2.06. The summed E-state index contributed by atoms with van der Waals surface area (Å²) >= 11 is 0. The largest absolute Gasteiger partial charge is 0.496 e. The van der Waals surface area contributed by atoms with Crippen LogP contribution in [0.2, 0.25) is 0 Å². The van der Waals surface area contributed by atoms with Crippen LogP contribution >= 0.6 is 0 Å². The molecule has 1 aromatic rings. The number of methoxy groups -OCH3 is 1. The molecular formula is C10H13NO. The fourth-order valence-corrected chi connectivity index (χ4v) is 1.06. The highest BCUT2D eigenvalue weighted by atomic mass is 16.5. The minimum Gasteiger partial charge on any atom is -0.496 e. The molecule has 0 radical (unpaired) electrons. The van der Waals surface area contributed by atoms with Crippen LogP contribution in [0.1, 0.15) is 12.5 Å². The molecule has 0 bridgehead atoms. The van der Waals surface area contributed by atoms with E-state index < -0.39 is 0 Å². The third-order valence-corrected chi connectivity index (χ3v) is 1.83. The molecule has 0 aliphatic heterocycles. The molecule has 0 fully saturated rings. The average molecular weight is 163 g/mol. The molecule has 2 heteroatoms. The zero-order valence-corrected chi connectivity index (χ0v) is 7.66. The van der Waals surface area contributed by atoms with Gasteiger partial charge in [-0.3, -0.25) is 4.99 Å². The smallest absolute Gasteiger partial charge is 0.127 e. The monoisotopic (exact) mass is 163 g/mol. The molecule has 0 spiro atoms. The van der Waals surface area contributed by atoms with E-state index in [1.54, 1.807) is 14.2 Å². The first-order valence-electron chi connectivity index (χ1n) is 3.86. The van der Waals surface area contributed by atoms with Crippen molar-refractivity contribution in [1.29, 1.82) is 0 Å². The van der Waals surface area contributed by atoms with Crippen LogP contribution < -0.4 is 4.74 Å². The Morgan fingerprint density at radius 3 is 2.58 bits per heavy atom. The highest BCUT2D eigenvalue weighted by molar-refractivity contribution is 6.00. The van der Waals surface area contributed by atoms with E-state index in [1.165, 1.54) is 0 Å². The van der Waals surface area contributed by atoms with Gasteiger partial charge >= 0.3 is 0 Å². The first kappa shape index (κ1) is 8.78. The molecule has 0 unspecified atom stereocenters. The van der Waals surface area contributed by atoms with Gasteiger partial charge in [0, 0.05) is 18.3 Å². The Balaban J connectivity index is 3.13. The topological polar surface area (TPSA) is 21.6 Å². The van der Waals surface area contributed by atoms with Crippen LogP contribution in [0.5, 0.6) is 5.75 Å². The fourth-order valence-electron chi connectivity index (χ4n) is 1.06. The lowest BCUT2D eigenvalue weighted by Crippen LogP contribution is -1.97. The predicted molar refractivity (Wildman–Crippen MR) is 51.1 cm³/mol. The fraction of sp³-hybridized carbons (Fsp3) is 0.300. The zero-order valence-electron chi connectivity index (χ0n) is 7.66. The summed E-state index contributed by atoms with van der Waals surface area (Å²) < 4.78 is 5.19. The van der Waals surface area contributed by atoms with Gasteiger partial charge in [0.1, 0.15) is 5.75 Å². The van der Waals surface area contributed by atoms with Crippen molar-refractivity contribution in [3.63, 3.8) is 0 Å². The lowest BCUT2D eigenvalue weighted by molar-refractivity contribution is 0.414. The lowest BCUT2D eigenvalue weighted by atomic mass is 10.1. The summed E-state index contributed by atoms with van der Waals surface area (Å²) in [5, 5.41) is 0. The normalized spacial score (nSPS) is 11.4. The van der Waals surface area contributed by atoms with E-state index in [9.17, 15) is 0 Å². The highest BCUT2D eigenvalue weighted by Crippen LogP contribution is 2.17. The minimum atomic E-state index is 0.876. The maximum atomic E-state index is 5.19. The molecule has 12 heavy (non-hydrogen) atoms. The molecule has 0 saturated carbocycles. The molecule has 1 aromatic carbocycles. The number of hydrogen-bond acceptors (Lipinski definition) is 2. The van der Waals surface area contributed by atoms with Crippen molar-refractivity contribution >= 4 is 5.71 Å². The van der Waals surface area contributed by atoms with Gasteiger partial charge in [0.15, 0.2) is 0 Å². The molecule has 0 amide bonds. The number of aliphatic imine (C=N–C) groups is 1. The van der Waals surface area contributed by atoms with Gasteiger partial charge in [-0.2, -0.15) is 0 Å². The van der Waals surface area contributed by atoms with Crippen LogP contribution in [0.15, 0.2) is 29.3 Å². The number of para-hydroxylation sites is 1. The molecular weight excluding hydrogens is 150 g/mol. The summed E-state index contributed by atoms with van der Waals surface area (Å²) in [6.45, 7) is 1.97. The molecule has 0 aromatic heterocycles. The van der Waals surface area contributed by atoms with Crippen LogP contribution in [0.4, 0.5) is 0 Å². The van der Waals surface area contributed by atoms with Crippen LogP contribution in [-0.2, 0) is 0 Å². The van der Waals surface area contributed by atoms with Gasteiger partial charge in [0.2, 0.25) is 0 Å². The summed E-state index contributed by atoms with van der Waals surface area (Å²) in [6, 6.07) is 7.86. The van der Waals surface area contributed by atoms with Crippen LogP contribution in [0, 0.1) is 0 Å². The van der Waals surface area contributed by atoms with Crippen molar-refractivity contribution in [3.05, 3.63) is 29.8 Å². The summed E-state index contributed by atoms with van der Waals surface area (Å²) in [4.78, 5) is 4.10. The van der Waals surface area contributed by atoms with E-state index in [2.05, 4.69) is 4.99 Å². The van der Waals surface area contributed by atoms with Gasteiger partial charge in [0.05, 0.1) is 7.11 Å². The first-order chi connectivity index (χ1) is 5.79. The van der Waals surface area contributed by atoms with E-state index >= 15 is 0 Å². The van der Waals surface area contributed by atoms with E-state index in [-0.39, 0.29) is 0 Å². The third kappa shape index (κ3) is 1.64. The second-order valence-electron chi connectivity index (χ2n) is 2.51. The van der Waals surface area contributed by atoms with Crippen molar-refractivity contribution in [2.24, 2.45) is 4.99 Å². The van der Waals surface area contributed by atoms with Gasteiger partial charge in [0.25, 0.3) is 0 Å². The Morgan fingerprint density at radius 2 is 2.00 bits per heavy atom. The minimum absolute atomic E-state index is 0.876. The second-order valence-corrected chi connectivity index (χ2v) is 2.51. The maximum Gasteiger partial charge on any atom is 0.127 e. The Bertz CT molecular complexity index is 292. The zero-order chi connectivity index (χ0) is 8.97. The number of ether oxygens (including phenoxy) is 1. The molecule has 0 N–H and O–H groups in total. The first-order valence-corrected chi connectivity index (χ1v) is 3.86. The molecule has 0 aliphatic rings. The van der Waals surface area contributed by atoms with E-state index in [0.29, 0.717) is 0 Å². The second kappa shape index (κ2) is 3.90. The summed E-state index contributed by atoms with van der Waals surface area (Å²) in [6.07, 6.45) is 0.